The Bertz CT molecular complexity index is 83.6. The molecule has 1 nitrogen and oxygen atoms in total. The molecule has 0 aromatic rings. The first-order chi connectivity index (χ1) is 5.16. The molecule has 2 heteroatoms. The van der Waals surface area contributed by atoms with Gasteiger partial charge in [-0.3, -0.25) is 0 Å². The SMILES string of the molecule is CCCC(C)CSCC(C)N. The third-order valence-corrected chi connectivity index (χ3v) is 3.13. The van der Waals surface area contributed by atoms with Gasteiger partial charge in [-0.05, 0) is 18.6 Å². The Balaban J connectivity index is 3.10. The lowest BCUT2D eigenvalue weighted by atomic mass is 10.1. The van der Waals surface area contributed by atoms with Gasteiger partial charge in [0.1, 0.15) is 0 Å². The topological polar surface area (TPSA) is 26.0 Å². The van der Waals surface area contributed by atoms with Crippen molar-refractivity contribution in [2.24, 2.45) is 11.7 Å². The van der Waals surface area contributed by atoms with Crippen LogP contribution in [0.4, 0.5) is 0 Å². The predicted octanol–water partition coefficient (Wildman–Crippen LogP) is 2.50. The molecule has 0 amide bonds. The number of nitrogens with two attached hydrogens (primary N) is 1. The highest BCUT2D eigenvalue weighted by atomic mass is 32.2. The fraction of sp³-hybridized carbons (Fsp3) is 1.00. The molecule has 68 valence electrons. The Labute approximate surface area is 75.1 Å². The average molecular weight is 175 g/mol. The van der Waals surface area contributed by atoms with Gasteiger partial charge < -0.3 is 5.73 Å². The van der Waals surface area contributed by atoms with Crippen LogP contribution in [0, 0.1) is 5.92 Å². The van der Waals surface area contributed by atoms with Gasteiger partial charge in [0.25, 0.3) is 0 Å². The summed E-state index contributed by atoms with van der Waals surface area (Å²) in [6.45, 7) is 6.63. The summed E-state index contributed by atoms with van der Waals surface area (Å²) in [6.07, 6.45) is 2.66. The Kier molecular flexibility index (Phi) is 7.18. The molecule has 0 heterocycles. The average Bonchev–Trinajstić information content (AvgIpc) is 1.87. The summed E-state index contributed by atoms with van der Waals surface area (Å²) < 4.78 is 0. The molecule has 0 aliphatic carbocycles. The maximum Gasteiger partial charge on any atom is 0.0101 e. The van der Waals surface area contributed by atoms with Crippen molar-refractivity contribution in [3.8, 4) is 0 Å². The van der Waals surface area contributed by atoms with Gasteiger partial charge in [-0.1, -0.05) is 26.7 Å². The molecule has 0 aromatic heterocycles. The zero-order chi connectivity index (χ0) is 8.69. The zero-order valence-electron chi connectivity index (χ0n) is 7.97. The van der Waals surface area contributed by atoms with Crippen molar-refractivity contribution in [1.82, 2.24) is 0 Å². The maximum atomic E-state index is 5.63. The lowest BCUT2D eigenvalue weighted by Gasteiger charge is -2.10. The fourth-order valence-electron chi connectivity index (χ4n) is 1.03. The molecule has 0 rings (SSSR count). The van der Waals surface area contributed by atoms with Crippen LogP contribution in [0.3, 0.4) is 0 Å². The molecule has 0 saturated heterocycles. The Morgan fingerprint density at radius 3 is 2.36 bits per heavy atom. The van der Waals surface area contributed by atoms with Crippen molar-refractivity contribution in [2.45, 2.75) is 39.7 Å². The van der Waals surface area contributed by atoms with Crippen LogP contribution >= 0.6 is 11.8 Å². The van der Waals surface area contributed by atoms with Crippen molar-refractivity contribution in [3.63, 3.8) is 0 Å². The van der Waals surface area contributed by atoms with Gasteiger partial charge in [-0.2, -0.15) is 11.8 Å². The van der Waals surface area contributed by atoms with Crippen LogP contribution in [0.2, 0.25) is 0 Å². The number of thioether (sulfide) groups is 1. The molecule has 0 aliphatic heterocycles. The van der Waals surface area contributed by atoms with E-state index in [4.69, 9.17) is 5.73 Å². The normalized spacial score (nSPS) is 16.4. The summed E-state index contributed by atoms with van der Waals surface area (Å²) in [6, 6.07) is 0.355. The van der Waals surface area contributed by atoms with Crippen LogP contribution in [-0.4, -0.2) is 17.5 Å². The first kappa shape index (κ1) is 11.3. The van der Waals surface area contributed by atoms with Crippen molar-refractivity contribution < 1.29 is 0 Å². The lowest BCUT2D eigenvalue weighted by Crippen LogP contribution is -2.18. The van der Waals surface area contributed by atoms with Crippen LogP contribution in [0.1, 0.15) is 33.6 Å². The van der Waals surface area contributed by atoms with Crippen molar-refractivity contribution in [1.29, 1.82) is 0 Å². The number of hydrogen-bond acceptors (Lipinski definition) is 2. The number of hydrogen-bond donors (Lipinski definition) is 1. The molecule has 0 aliphatic rings. The van der Waals surface area contributed by atoms with E-state index in [-0.39, 0.29) is 0 Å². The summed E-state index contributed by atoms with van der Waals surface area (Å²) in [4.78, 5) is 0. The fourth-order valence-corrected chi connectivity index (χ4v) is 2.11. The van der Waals surface area contributed by atoms with E-state index < -0.39 is 0 Å². The first-order valence-electron chi connectivity index (χ1n) is 4.50. The van der Waals surface area contributed by atoms with E-state index in [1.807, 2.05) is 11.8 Å². The highest BCUT2D eigenvalue weighted by Crippen LogP contribution is 2.13. The largest absolute Gasteiger partial charge is 0.327 e. The predicted molar refractivity (Wildman–Crippen MR) is 55.0 cm³/mol. The highest BCUT2D eigenvalue weighted by Gasteiger charge is 2.01. The van der Waals surface area contributed by atoms with E-state index in [0.717, 1.165) is 11.7 Å². The van der Waals surface area contributed by atoms with Crippen molar-refractivity contribution >= 4 is 11.8 Å². The third kappa shape index (κ3) is 8.21. The van der Waals surface area contributed by atoms with E-state index in [1.54, 1.807) is 0 Å². The second-order valence-electron chi connectivity index (χ2n) is 3.41. The third-order valence-electron chi connectivity index (χ3n) is 1.56. The highest BCUT2D eigenvalue weighted by molar-refractivity contribution is 7.99. The van der Waals surface area contributed by atoms with Gasteiger partial charge in [0, 0.05) is 11.8 Å². The molecule has 2 N–H and O–H groups in total. The van der Waals surface area contributed by atoms with Crippen LogP contribution in [0.5, 0.6) is 0 Å². The second kappa shape index (κ2) is 6.99. The van der Waals surface area contributed by atoms with Gasteiger partial charge in [0.2, 0.25) is 0 Å². The van der Waals surface area contributed by atoms with Gasteiger partial charge in [0.05, 0.1) is 0 Å². The van der Waals surface area contributed by atoms with Crippen LogP contribution < -0.4 is 5.73 Å². The quantitative estimate of drug-likeness (QED) is 0.671. The molecular formula is C9H21NS. The Morgan fingerprint density at radius 2 is 1.91 bits per heavy atom. The van der Waals surface area contributed by atoms with Gasteiger partial charge in [-0.15, -0.1) is 0 Å². The molecule has 11 heavy (non-hydrogen) atoms. The van der Waals surface area contributed by atoms with Gasteiger partial charge in [0.15, 0.2) is 0 Å². The summed E-state index contributed by atoms with van der Waals surface area (Å²) in [5, 5.41) is 0. The first-order valence-corrected chi connectivity index (χ1v) is 5.65. The summed E-state index contributed by atoms with van der Waals surface area (Å²) in [5.74, 6) is 3.24. The molecule has 0 fully saturated rings. The Morgan fingerprint density at radius 1 is 1.27 bits per heavy atom. The van der Waals surface area contributed by atoms with Crippen molar-refractivity contribution in [3.05, 3.63) is 0 Å². The van der Waals surface area contributed by atoms with Crippen LogP contribution in [0.15, 0.2) is 0 Å². The number of rotatable bonds is 6. The van der Waals surface area contributed by atoms with E-state index in [9.17, 15) is 0 Å². The maximum absolute atomic E-state index is 5.63. The summed E-state index contributed by atoms with van der Waals surface area (Å²) >= 11 is 1.98. The van der Waals surface area contributed by atoms with Gasteiger partial charge in [-0.25, -0.2) is 0 Å². The standard InChI is InChI=1S/C9H21NS/c1-4-5-8(2)6-11-7-9(3)10/h8-9H,4-7,10H2,1-3H3. The summed E-state index contributed by atoms with van der Waals surface area (Å²) in [5.41, 5.74) is 5.63. The van der Waals surface area contributed by atoms with Gasteiger partial charge >= 0.3 is 0 Å². The van der Waals surface area contributed by atoms with E-state index in [1.165, 1.54) is 18.6 Å². The van der Waals surface area contributed by atoms with Crippen LogP contribution in [-0.2, 0) is 0 Å². The summed E-state index contributed by atoms with van der Waals surface area (Å²) in [7, 11) is 0. The molecule has 2 unspecified atom stereocenters. The molecule has 0 saturated carbocycles. The smallest absolute Gasteiger partial charge is 0.0101 e. The van der Waals surface area contributed by atoms with E-state index in [0.29, 0.717) is 6.04 Å². The van der Waals surface area contributed by atoms with Crippen LogP contribution in [0.25, 0.3) is 0 Å². The Hall–Kier alpha value is 0.310. The molecule has 0 spiro atoms. The lowest BCUT2D eigenvalue weighted by molar-refractivity contribution is 0.585. The zero-order valence-corrected chi connectivity index (χ0v) is 8.79. The molecule has 2 atom stereocenters. The minimum absolute atomic E-state index is 0.355. The second-order valence-corrected chi connectivity index (χ2v) is 4.48. The molecule has 0 aromatic carbocycles. The van der Waals surface area contributed by atoms with E-state index in [2.05, 4.69) is 20.8 Å². The molecular weight excluding hydrogens is 154 g/mol. The minimum atomic E-state index is 0.355. The molecule has 0 radical (unpaired) electrons. The molecule has 0 bridgehead atoms. The van der Waals surface area contributed by atoms with Crippen molar-refractivity contribution in [2.75, 3.05) is 11.5 Å². The monoisotopic (exact) mass is 175 g/mol. The minimum Gasteiger partial charge on any atom is -0.327 e. The van der Waals surface area contributed by atoms with E-state index >= 15 is 0 Å².